The number of benzene rings is 2. The van der Waals surface area contributed by atoms with Gasteiger partial charge in [-0.25, -0.2) is 0 Å². The average molecular weight is 643 g/mol. The molecule has 15 N–H and O–H groups in total. The van der Waals surface area contributed by atoms with Crippen LogP contribution in [0.1, 0.15) is 36.8 Å². The van der Waals surface area contributed by atoms with Crippen molar-refractivity contribution in [2.45, 2.75) is 68.8 Å². The molecule has 4 amide bonds. The van der Waals surface area contributed by atoms with Gasteiger partial charge in [0, 0.05) is 25.9 Å². The van der Waals surface area contributed by atoms with Gasteiger partial charge in [0.15, 0.2) is 0 Å². The summed E-state index contributed by atoms with van der Waals surface area (Å²) in [6.07, 6.45) is 0.144. The molecular formula is C31H46N8O7. The molecule has 15 nitrogen and oxygen atoms in total. The molecule has 0 saturated heterocycles. The Morgan fingerprint density at radius 2 is 1.46 bits per heavy atom. The molecule has 1 aliphatic heterocycles. The zero-order chi connectivity index (χ0) is 33.8. The zero-order valence-electron chi connectivity index (χ0n) is 25.7. The van der Waals surface area contributed by atoms with Gasteiger partial charge < -0.3 is 59.5 Å². The highest BCUT2D eigenvalue weighted by Crippen LogP contribution is 2.30. The first-order valence-corrected chi connectivity index (χ1v) is 15.3. The van der Waals surface area contributed by atoms with Crippen molar-refractivity contribution in [1.82, 2.24) is 21.3 Å². The Bertz CT molecular complexity index is 1370. The molecule has 1 unspecified atom stereocenters. The van der Waals surface area contributed by atoms with Gasteiger partial charge in [0.1, 0.15) is 23.6 Å². The largest absolute Gasteiger partial charge is 0.508 e. The van der Waals surface area contributed by atoms with E-state index in [0.717, 1.165) is 0 Å². The number of aromatic hydroxyl groups is 2. The summed E-state index contributed by atoms with van der Waals surface area (Å²) >= 11 is 0. The van der Waals surface area contributed by atoms with E-state index in [9.17, 15) is 34.5 Å². The van der Waals surface area contributed by atoms with Gasteiger partial charge in [-0.1, -0.05) is 12.1 Å². The smallest absolute Gasteiger partial charge is 0.243 e. The lowest BCUT2D eigenvalue weighted by atomic mass is 9.95. The quantitative estimate of drug-likeness (QED) is 0.116. The van der Waals surface area contributed by atoms with Gasteiger partial charge in [-0.15, -0.1) is 0 Å². The van der Waals surface area contributed by atoms with Crippen molar-refractivity contribution >= 4 is 23.6 Å². The molecule has 5 atom stereocenters. The Hall–Kier alpha value is -4.28. The van der Waals surface area contributed by atoms with Crippen LogP contribution in [0.5, 0.6) is 11.5 Å². The SMILES string of the molecule is NCCC[C@@H]1NC(=O)[C@@H](N)Cc2cc(ccc2O)-c2ccc(O)c(c2)C[C@@H](C(=O)NCC(O)CNC(=O)[C@@H](N)CCCN)NC1=O. The fourth-order valence-electron chi connectivity index (χ4n) is 4.99. The van der Waals surface area contributed by atoms with Crippen LogP contribution in [0.4, 0.5) is 0 Å². The molecule has 252 valence electrons. The molecule has 4 bridgehead atoms. The molecule has 1 heterocycles. The number of hydrogen-bond donors (Lipinski definition) is 11. The lowest BCUT2D eigenvalue weighted by molar-refractivity contribution is -0.132. The molecule has 0 radical (unpaired) electrons. The van der Waals surface area contributed by atoms with E-state index in [1.807, 2.05) is 0 Å². The van der Waals surface area contributed by atoms with Crippen LogP contribution in [0.25, 0.3) is 11.1 Å². The van der Waals surface area contributed by atoms with E-state index < -0.39 is 53.9 Å². The minimum atomic E-state index is -1.24. The first-order valence-electron chi connectivity index (χ1n) is 15.3. The molecule has 2 aromatic rings. The third kappa shape index (κ3) is 10.4. The van der Waals surface area contributed by atoms with E-state index in [2.05, 4.69) is 21.3 Å². The minimum Gasteiger partial charge on any atom is -0.508 e. The Balaban J connectivity index is 1.87. The van der Waals surface area contributed by atoms with Crippen molar-refractivity contribution in [2.24, 2.45) is 22.9 Å². The lowest BCUT2D eigenvalue weighted by Gasteiger charge is -2.25. The third-order valence-electron chi connectivity index (χ3n) is 7.74. The summed E-state index contributed by atoms with van der Waals surface area (Å²) in [5, 5.41) is 42.0. The number of nitrogens with one attached hydrogen (secondary N) is 4. The van der Waals surface area contributed by atoms with Crippen molar-refractivity contribution in [2.75, 3.05) is 26.2 Å². The molecule has 3 rings (SSSR count). The first kappa shape index (κ1) is 36.2. The predicted octanol–water partition coefficient (Wildman–Crippen LogP) is -2.44. The standard InChI is InChI=1S/C31H46N8O7/c32-9-1-3-22(34)28(43)36-15-21(40)16-37-30(45)25-14-20-12-18(6-8-27(20)42)17-5-7-26(41)19(11-17)13-23(35)29(44)38-24(4-2-10-33)31(46)39-25/h5-8,11-12,21-25,40-42H,1-4,9-10,13-16,32-35H2,(H,36,43)(H,37,45)(H,38,44)(H,39,46)/t21?,22-,23-,24-,25-/m0/s1. The number of carbonyl (C=O) groups is 4. The molecule has 0 aromatic heterocycles. The van der Waals surface area contributed by atoms with E-state index in [-0.39, 0.29) is 50.4 Å². The molecule has 2 aromatic carbocycles. The monoisotopic (exact) mass is 642 g/mol. The topological polar surface area (TPSA) is 281 Å². The summed E-state index contributed by atoms with van der Waals surface area (Å²) in [5.74, 6) is -2.64. The van der Waals surface area contributed by atoms with E-state index >= 15 is 0 Å². The number of carbonyl (C=O) groups excluding carboxylic acids is 4. The van der Waals surface area contributed by atoms with Crippen molar-refractivity contribution < 1.29 is 34.5 Å². The third-order valence-corrected chi connectivity index (χ3v) is 7.74. The minimum absolute atomic E-state index is 0.0187. The summed E-state index contributed by atoms with van der Waals surface area (Å²) in [5.41, 5.74) is 25.1. The van der Waals surface area contributed by atoms with Crippen LogP contribution in [-0.4, -0.2) is 95.4 Å². The van der Waals surface area contributed by atoms with Gasteiger partial charge in [0.2, 0.25) is 23.6 Å². The van der Waals surface area contributed by atoms with Gasteiger partial charge in [-0.05, 0) is 85.3 Å². The van der Waals surface area contributed by atoms with Crippen LogP contribution >= 0.6 is 0 Å². The normalized spacial score (nSPS) is 19.9. The number of aliphatic hydroxyl groups is 1. The molecule has 0 spiro atoms. The second-order valence-electron chi connectivity index (χ2n) is 11.4. The van der Waals surface area contributed by atoms with Crippen LogP contribution in [0.15, 0.2) is 36.4 Å². The zero-order valence-corrected chi connectivity index (χ0v) is 25.7. The number of amides is 4. The van der Waals surface area contributed by atoms with Gasteiger partial charge in [-0.2, -0.15) is 0 Å². The first-order chi connectivity index (χ1) is 21.9. The molecule has 0 fully saturated rings. The predicted molar refractivity (Wildman–Crippen MR) is 171 cm³/mol. The van der Waals surface area contributed by atoms with Crippen molar-refractivity contribution in [1.29, 1.82) is 0 Å². The Kier molecular flexibility index (Phi) is 13.7. The maximum Gasteiger partial charge on any atom is 0.243 e. The maximum absolute atomic E-state index is 13.5. The highest BCUT2D eigenvalue weighted by Gasteiger charge is 2.30. The fraction of sp³-hybridized carbons (Fsp3) is 0.484. The summed E-state index contributed by atoms with van der Waals surface area (Å²) in [6.45, 7) is 0.176. The highest BCUT2D eigenvalue weighted by atomic mass is 16.3. The number of nitrogens with two attached hydrogens (primary N) is 4. The fourth-order valence-corrected chi connectivity index (χ4v) is 4.99. The molecule has 15 heteroatoms. The second-order valence-corrected chi connectivity index (χ2v) is 11.4. The van der Waals surface area contributed by atoms with E-state index in [1.165, 1.54) is 12.1 Å². The van der Waals surface area contributed by atoms with E-state index in [0.29, 0.717) is 48.1 Å². The molecule has 46 heavy (non-hydrogen) atoms. The second kappa shape index (κ2) is 17.4. The Morgan fingerprint density at radius 3 is 2.07 bits per heavy atom. The van der Waals surface area contributed by atoms with Crippen molar-refractivity contribution in [3.05, 3.63) is 47.5 Å². The Labute approximate surface area is 267 Å². The van der Waals surface area contributed by atoms with Crippen LogP contribution < -0.4 is 44.2 Å². The van der Waals surface area contributed by atoms with Gasteiger partial charge >= 0.3 is 0 Å². The molecule has 0 aliphatic carbocycles. The van der Waals surface area contributed by atoms with E-state index in [1.54, 1.807) is 24.3 Å². The summed E-state index contributed by atoms with van der Waals surface area (Å²) in [7, 11) is 0. The van der Waals surface area contributed by atoms with Crippen LogP contribution in [0, 0.1) is 0 Å². The highest BCUT2D eigenvalue weighted by molar-refractivity contribution is 5.93. The van der Waals surface area contributed by atoms with Crippen LogP contribution in [-0.2, 0) is 32.0 Å². The Morgan fingerprint density at radius 1 is 0.870 bits per heavy atom. The van der Waals surface area contributed by atoms with Crippen LogP contribution in [0.2, 0.25) is 0 Å². The van der Waals surface area contributed by atoms with Crippen molar-refractivity contribution in [3.63, 3.8) is 0 Å². The molecule has 1 aliphatic rings. The lowest BCUT2D eigenvalue weighted by Crippen LogP contribution is -2.57. The van der Waals surface area contributed by atoms with Crippen LogP contribution in [0.3, 0.4) is 0 Å². The van der Waals surface area contributed by atoms with Gasteiger partial charge in [-0.3, -0.25) is 19.2 Å². The number of aliphatic hydroxyl groups excluding tert-OH is 1. The van der Waals surface area contributed by atoms with E-state index in [4.69, 9.17) is 22.9 Å². The number of rotatable bonds is 12. The molecule has 0 saturated carbocycles. The number of fused-ring (bicyclic) bond motifs is 5. The average Bonchev–Trinajstić information content (AvgIpc) is 3.04. The van der Waals surface area contributed by atoms with Crippen molar-refractivity contribution in [3.8, 4) is 22.6 Å². The summed E-state index contributed by atoms with van der Waals surface area (Å²) in [4.78, 5) is 52.1. The summed E-state index contributed by atoms with van der Waals surface area (Å²) in [6, 6.07) is 5.37. The number of phenols is 2. The molecular weight excluding hydrogens is 596 g/mol. The summed E-state index contributed by atoms with van der Waals surface area (Å²) < 4.78 is 0. The number of phenolic OH excluding ortho intramolecular Hbond substituents is 2. The van der Waals surface area contributed by atoms with Gasteiger partial charge in [0.05, 0.1) is 18.2 Å². The van der Waals surface area contributed by atoms with Gasteiger partial charge in [0.25, 0.3) is 0 Å². The number of hydrogen-bond acceptors (Lipinski definition) is 11. The maximum atomic E-state index is 13.5.